The minimum absolute atomic E-state index is 0.00454. The highest BCUT2D eigenvalue weighted by Crippen LogP contribution is 2.37. The van der Waals surface area contributed by atoms with Crippen LogP contribution in [-0.2, 0) is 0 Å². The molecule has 0 aromatic carbocycles. The van der Waals surface area contributed by atoms with Gasteiger partial charge < -0.3 is 5.73 Å². The molecule has 3 nitrogen and oxygen atoms in total. The standard InChI is InChI=1S/C11H18ClN3S/c1-7(2)15-11(8(12)6-14-15)10(13)9-4-3-5-16-9/h6-7,9-10H,3-5,13H2,1-2H3. The predicted molar refractivity (Wildman–Crippen MR) is 70.0 cm³/mol. The van der Waals surface area contributed by atoms with Crippen molar-refractivity contribution in [3.8, 4) is 0 Å². The SMILES string of the molecule is CC(C)n1ncc(Cl)c1C(N)C1CCCS1. The van der Waals surface area contributed by atoms with Gasteiger partial charge >= 0.3 is 0 Å². The highest BCUT2D eigenvalue weighted by molar-refractivity contribution is 8.00. The first-order chi connectivity index (χ1) is 7.61. The molecule has 1 aliphatic rings. The third kappa shape index (κ3) is 2.24. The van der Waals surface area contributed by atoms with Gasteiger partial charge in [-0.05, 0) is 32.4 Å². The van der Waals surface area contributed by atoms with Gasteiger partial charge in [0.15, 0.2) is 0 Å². The van der Waals surface area contributed by atoms with Gasteiger partial charge in [-0.25, -0.2) is 0 Å². The van der Waals surface area contributed by atoms with Gasteiger partial charge in [0, 0.05) is 11.3 Å². The van der Waals surface area contributed by atoms with Crippen LogP contribution < -0.4 is 5.73 Å². The maximum Gasteiger partial charge on any atom is 0.0834 e. The number of rotatable bonds is 3. The van der Waals surface area contributed by atoms with Crippen LogP contribution in [-0.4, -0.2) is 20.8 Å². The zero-order chi connectivity index (χ0) is 11.7. The average Bonchev–Trinajstić information content (AvgIpc) is 2.84. The fraction of sp³-hybridized carbons (Fsp3) is 0.727. The van der Waals surface area contributed by atoms with Crippen molar-refractivity contribution in [2.24, 2.45) is 5.73 Å². The molecule has 2 N–H and O–H groups in total. The lowest BCUT2D eigenvalue weighted by Gasteiger charge is -2.21. The number of hydrogen-bond donors (Lipinski definition) is 1. The van der Waals surface area contributed by atoms with E-state index in [1.807, 2.05) is 16.4 Å². The summed E-state index contributed by atoms with van der Waals surface area (Å²) in [5, 5.41) is 5.50. The molecule has 0 aliphatic carbocycles. The van der Waals surface area contributed by atoms with E-state index in [4.69, 9.17) is 17.3 Å². The highest BCUT2D eigenvalue weighted by atomic mass is 35.5. The van der Waals surface area contributed by atoms with Gasteiger partial charge in [-0.3, -0.25) is 4.68 Å². The summed E-state index contributed by atoms with van der Waals surface area (Å²) in [6.07, 6.45) is 4.15. The van der Waals surface area contributed by atoms with Crippen LogP contribution in [0.1, 0.15) is 44.5 Å². The van der Waals surface area contributed by atoms with Gasteiger partial charge in [0.05, 0.1) is 23.0 Å². The van der Waals surface area contributed by atoms with Gasteiger partial charge in [0.25, 0.3) is 0 Å². The molecule has 5 heteroatoms. The molecule has 1 aromatic heterocycles. The molecule has 2 atom stereocenters. The summed E-state index contributed by atoms with van der Waals surface area (Å²) in [6, 6.07) is 0.310. The van der Waals surface area contributed by atoms with Crippen molar-refractivity contribution in [2.45, 2.75) is 44.0 Å². The Kier molecular flexibility index (Phi) is 3.82. The van der Waals surface area contributed by atoms with Crippen molar-refractivity contribution in [3.63, 3.8) is 0 Å². The molecule has 0 amide bonds. The zero-order valence-corrected chi connectivity index (χ0v) is 11.3. The van der Waals surface area contributed by atoms with Crippen molar-refractivity contribution in [2.75, 3.05) is 5.75 Å². The van der Waals surface area contributed by atoms with E-state index in [1.54, 1.807) is 6.20 Å². The molecule has 2 heterocycles. The molecule has 16 heavy (non-hydrogen) atoms. The maximum atomic E-state index is 6.32. The van der Waals surface area contributed by atoms with Gasteiger partial charge in [0.1, 0.15) is 0 Å². The van der Waals surface area contributed by atoms with Crippen molar-refractivity contribution in [1.29, 1.82) is 0 Å². The third-order valence-corrected chi connectivity index (χ3v) is 4.73. The van der Waals surface area contributed by atoms with Crippen LogP contribution in [0.15, 0.2) is 6.20 Å². The first kappa shape index (κ1) is 12.3. The highest BCUT2D eigenvalue weighted by Gasteiger charge is 2.28. The Bertz CT molecular complexity index is 358. The summed E-state index contributed by atoms with van der Waals surface area (Å²) in [5.41, 5.74) is 7.31. The van der Waals surface area contributed by atoms with E-state index in [1.165, 1.54) is 18.6 Å². The fourth-order valence-corrected chi connectivity index (χ4v) is 3.70. The second kappa shape index (κ2) is 4.98. The largest absolute Gasteiger partial charge is 0.322 e. The molecule has 90 valence electrons. The van der Waals surface area contributed by atoms with Gasteiger partial charge in [-0.1, -0.05) is 11.6 Å². The van der Waals surface area contributed by atoms with E-state index in [0.29, 0.717) is 16.3 Å². The lowest BCUT2D eigenvalue weighted by Crippen LogP contribution is -2.26. The summed E-state index contributed by atoms with van der Waals surface area (Å²) in [7, 11) is 0. The molecule has 0 radical (unpaired) electrons. The smallest absolute Gasteiger partial charge is 0.0834 e. The van der Waals surface area contributed by atoms with Crippen LogP contribution in [0.25, 0.3) is 0 Å². The minimum Gasteiger partial charge on any atom is -0.322 e. The molecule has 1 aliphatic heterocycles. The van der Waals surface area contributed by atoms with Crippen LogP contribution in [0.3, 0.4) is 0 Å². The fourth-order valence-electron chi connectivity index (χ4n) is 2.14. The van der Waals surface area contributed by atoms with Gasteiger partial charge in [0.2, 0.25) is 0 Å². The molecular formula is C11H18ClN3S. The molecule has 0 bridgehead atoms. The van der Waals surface area contributed by atoms with E-state index in [0.717, 1.165) is 5.69 Å². The number of nitrogens with zero attached hydrogens (tertiary/aromatic N) is 2. The number of aromatic nitrogens is 2. The zero-order valence-electron chi connectivity index (χ0n) is 9.69. The lowest BCUT2D eigenvalue weighted by atomic mass is 10.1. The van der Waals surface area contributed by atoms with E-state index in [2.05, 4.69) is 18.9 Å². The Hall–Kier alpha value is -0.190. The minimum atomic E-state index is 0.00454. The van der Waals surface area contributed by atoms with Gasteiger partial charge in [-0.2, -0.15) is 16.9 Å². The quantitative estimate of drug-likeness (QED) is 0.908. The summed E-state index contributed by atoms with van der Waals surface area (Å²) in [5.74, 6) is 1.21. The monoisotopic (exact) mass is 259 g/mol. The molecular weight excluding hydrogens is 242 g/mol. The summed E-state index contributed by atoms with van der Waals surface area (Å²) >= 11 is 8.14. The summed E-state index contributed by atoms with van der Waals surface area (Å²) in [4.78, 5) is 0. The molecule has 0 spiro atoms. The predicted octanol–water partition coefficient (Wildman–Crippen LogP) is 3.01. The average molecular weight is 260 g/mol. The van der Waals surface area contributed by atoms with E-state index < -0.39 is 0 Å². The number of nitrogens with two attached hydrogens (primary N) is 1. The molecule has 2 unspecified atom stereocenters. The van der Waals surface area contributed by atoms with Crippen LogP contribution in [0.5, 0.6) is 0 Å². The molecule has 1 saturated heterocycles. The van der Waals surface area contributed by atoms with Crippen molar-refractivity contribution >= 4 is 23.4 Å². The second-order valence-corrected chi connectivity index (χ2v) is 6.25. The Morgan fingerprint density at radius 2 is 2.38 bits per heavy atom. The Labute approximate surface area is 106 Å². The van der Waals surface area contributed by atoms with E-state index >= 15 is 0 Å². The van der Waals surface area contributed by atoms with Crippen LogP contribution in [0, 0.1) is 0 Å². The van der Waals surface area contributed by atoms with Gasteiger partial charge in [-0.15, -0.1) is 0 Å². The number of hydrogen-bond acceptors (Lipinski definition) is 3. The van der Waals surface area contributed by atoms with E-state index in [9.17, 15) is 0 Å². The second-order valence-electron chi connectivity index (χ2n) is 4.49. The first-order valence-electron chi connectivity index (χ1n) is 5.71. The Morgan fingerprint density at radius 1 is 1.62 bits per heavy atom. The summed E-state index contributed by atoms with van der Waals surface area (Å²) in [6.45, 7) is 4.20. The van der Waals surface area contributed by atoms with E-state index in [-0.39, 0.29) is 6.04 Å². The molecule has 0 saturated carbocycles. The topological polar surface area (TPSA) is 43.8 Å². The van der Waals surface area contributed by atoms with Crippen molar-refractivity contribution < 1.29 is 0 Å². The lowest BCUT2D eigenvalue weighted by molar-refractivity contribution is 0.478. The Balaban J connectivity index is 2.27. The number of halogens is 1. The van der Waals surface area contributed by atoms with Crippen LogP contribution in [0.2, 0.25) is 5.02 Å². The Morgan fingerprint density at radius 3 is 2.94 bits per heavy atom. The summed E-state index contributed by atoms with van der Waals surface area (Å²) < 4.78 is 1.95. The van der Waals surface area contributed by atoms with Crippen LogP contribution in [0.4, 0.5) is 0 Å². The maximum absolute atomic E-state index is 6.32. The molecule has 1 fully saturated rings. The third-order valence-electron chi connectivity index (χ3n) is 2.96. The molecule has 1 aromatic rings. The van der Waals surface area contributed by atoms with Crippen LogP contribution >= 0.6 is 23.4 Å². The molecule has 2 rings (SSSR count). The number of thioether (sulfide) groups is 1. The first-order valence-corrected chi connectivity index (χ1v) is 7.14. The van der Waals surface area contributed by atoms with Crippen molar-refractivity contribution in [1.82, 2.24) is 9.78 Å². The van der Waals surface area contributed by atoms with Crippen molar-refractivity contribution in [3.05, 3.63) is 16.9 Å². The normalized spacial score (nSPS) is 22.9.